The minimum atomic E-state index is -0.517. The Hall–Kier alpha value is -2.14. The summed E-state index contributed by atoms with van der Waals surface area (Å²) in [7, 11) is 0. The van der Waals surface area contributed by atoms with Crippen molar-refractivity contribution in [2.45, 2.75) is 19.8 Å². The molecule has 0 spiro atoms. The summed E-state index contributed by atoms with van der Waals surface area (Å²) in [4.78, 5) is 24.3. The second kappa shape index (κ2) is 9.23. The maximum Gasteiger partial charge on any atom is 0.339 e. The van der Waals surface area contributed by atoms with Crippen LogP contribution in [0.1, 0.15) is 39.6 Å². The standard InChI is InChI=1S/C19H19BrO4/c1-2-12-23-18(21)16-5-3-4-6-17(16)19(22)24-13-11-14-7-9-15(20)10-8-14/h3-10H,2,11-13H2,1H3. The van der Waals surface area contributed by atoms with E-state index >= 15 is 0 Å². The molecule has 0 saturated carbocycles. The van der Waals surface area contributed by atoms with Crippen molar-refractivity contribution >= 4 is 27.9 Å². The Morgan fingerprint density at radius 2 is 1.42 bits per heavy atom. The summed E-state index contributed by atoms with van der Waals surface area (Å²) in [5.41, 5.74) is 1.54. The quantitative estimate of drug-likeness (QED) is 0.656. The van der Waals surface area contributed by atoms with Crippen LogP contribution in [-0.4, -0.2) is 25.2 Å². The van der Waals surface area contributed by atoms with Gasteiger partial charge in [0.2, 0.25) is 0 Å². The van der Waals surface area contributed by atoms with Crippen LogP contribution < -0.4 is 0 Å². The highest BCUT2D eigenvalue weighted by atomic mass is 79.9. The van der Waals surface area contributed by atoms with Gasteiger partial charge >= 0.3 is 11.9 Å². The van der Waals surface area contributed by atoms with Gasteiger partial charge in [-0.1, -0.05) is 47.1 Å². The zero-order valence-electron chi connectivity index (χ0n) is 13.5. The normalized spacial score (nSPS) is 10.2. The number of halogens is 1. The van der Waals surface area contributed by atoms with Crippen LogP contribution in [0.2, 0.25) is 0 Å². The van der Waals surface area contributed by atoms with E-state index in [2.05, 4.69) is 15.9 Å². The summed E-state index contributed by atoms with van der Waals surface area (Å²) in [6.45, 7) is 2.49. The molecule has 0 radical (unpaired) electrons. The minimum Gasteiger partial charge on any atom is -0.462 e. The predicted octanol–water partition coefficient (Wildman–Crippen LogP) is 4.42. The molecule has 0 unspecified atom stereocenters. The van der Waals surface area contributed by atoms with Gasteiger partial charge in [0, 0.05) is 10.9 Å². The molecule has 0 fully saturated rings. The molecule has 5 heteroatoms. The van der Waals surface area contributed by atoms with Gasteiger partial charge in [-0.3, -0.25) is 0 Å². The van der Waals surface area contributed by atoms with Gasteiger partial charge in [-0.15, -0.1) is 0 Å². The maximum absolute atomic E-state index is 12.3. The number of carbonyl (C=O) groups excluding carboxylic acids is 2. The van der Waals surface area contributed by atoms with Crippen molar-refractivity contribution in [1.29, 1.82) is 0 Å². The number of benzene rings is 2. The lowest BCUT2D eigenvalue weighted by atomic mass is 10.1. The third-order valence-corrected chi connectivity index (χ3v) is 3.87. The van der Waals surface area contributed by atoms with Crippen LogP contribution in [0.15, 0.2) is 53.0 Å². The van der Waals surface area contributed by atoms with Crippen LogP contribution in [0, 0.1) is 0 Å². The Bertz CT molecular complexity index is 695. The van der Waals surface area contributed by atoms with E-state index < -0.39 is 11.9 Å². The first-order chi connectivity index (χ1) is 11.6. The monoisotopic (exact) mass is 390 g/mol. The van der Waals surface area contributed by atoms with Gasteiger partial charge < -0.3 is 9.47 Å². The average molecular weight is 391 g/mol. The second-order valence-electron chi connectivity index (χ2n) is 5.19. The number of hydrogen-bond acceptors (Lipinski definition) is 4. The van der Waals surface area contributed by atoms with E-state index in [1.807, 2.05) is 31.2 Å². The Labute approximate surface area is 149 Å². The van der Waals surface area contributed by atoms with Crippen molar-refractivity contribution in [3.63, 3.8) is 0 Å². The van der Waals surface area contributed by atoms with Crippen LogP contribution in [0.4, 0.5) is 0 Å². The molecule has 2 aromatic rings. The van der Waals surface area contributed by atoms with Crippen molar-refractivity contribution in [2.75, 3.05) is 13.2 Å². The zero-order valence-corrected chi connectivity index (χ0v) is 15.0. The van der Waals surface area contributed by atoms with Crippen molar-refractivity contribution in [2.24, 2.45) is 0 Å². The van der Waals surface area contributed by atoms with Crippen LogP contribution in [0.3, 0.4) is 0 Å². The zero-order chi connectivity index (χ0) is 17.4. The second-order valence-corrected chi connectivity index (χ2v) is 6.11. The van der Waals surface area contributed by atoms with Gasteiger partial charge in [-0.05, 0) is 36.2 Å². The summed E-state index contributed by atoms with van der Waals surface area (Å²) < 4.78 is 11.4. The SMILES string of the molecule is CCCOC(=O)c1ccccc1C(=O)OCCc1ccc(Br)cc1. The molecule has 0 saturated heterocycles. The highest BCUT2D eigenvalue weighted by molar-refractivity contribution is 9.10. The smallest absolute Gasteiger partial charge is 0.339 e. The minimum absolute atomic E-state index is 0.231. The molecule has 4 nitrogen and oxygen atoms in total. The van der Waals surface area contributed by atoms with Crippen molar-refractivity contribution in [3.05, 3.63) is 69.7 Å². The molecule has 0 bridgehead atoms. The molecule has 0 aliphatic rings. The number of ether oxygens (including phenoxy) is 2. The van der Waals surface area contributed by atoms with E-state index in [9.17, 15) is 9.59 Å². The molecule has 24 heavy (non-hydrogen) atoms. The molecule has 0 aromatic heterocycles. The van der Waals surface area contributed by atoms with E-state index in [1.54, 1.807) is 24.3 Å². The van der Waals surface area contributed by atoms with Crippen LogP contribution in [0.5, 0.6) is 0 Å². The first-order valence-electron chi connectivity index (χ1n) is 7.79. The first-order valence-corrected chi connectivity index (χ1v) is 8.59. The molecule has 0 atom stereocenters. The molecule has 0 amide bonds. The van der Waals surface area contributed by atoms with E-state index in [-0.39, 0.29) is 17.7 Å². The number of rotatable bonds is 7. The summed E-state index contributed by atoms with van der Waals surface area (Å²) in [6, 6.07) is 14.4. The summed E-state index contributed by atoms with van der Waals surface area (Å²) >= 11 is 3.38. The van der Waals surface area contributed by atoms with E-state index in [0.717, 1.165) is 16.5 Å². The summed E-state index contributed by atoms with van der Waals surface area (Å²) in [5.74, 6) is -1.02. The van der Waals surface area contributed by atoms with Gasteiger partial charge in [0.1, 0.15) is 0 Å². The molecule has 0 aliphatic carbocycles. The van der Waals surface area contributed by atoms with E-state index in [4.69, 9.17) is 9.47 Å². The molecular weight excluding hydrogens is 372 g/mol. The fraction of sp³-hybridized carbons (Fsp3) is 0.263. The Balaban J connectivity index is 1.96. The lowest BCUT2D eigenvalue weighted by Crippen LogP contribution is -2.15. The Morgan fingerprint density at radius 1 is 0.875 bits per heavy atom. The number of hydrogen-bond donors (Lipinski definition) is 0. The van der Waals surface area contributed by atoms with Gasteiger partial charge in [-0.25, -0.2) is 9.59 Å². The van der Waals surface area contributed by atoms with E-state index in [1.165, 1.54) is 0 Å². The van der Waals surface area contributed by atoms with Gasteiger partial charge in [0.15, 0.2) is 0 Å². The fourth-order valence-electron chi connectivity index (χ4n) is 2.10. The maximum atomic E-state index is 12.3. The van der Waals surface area contributed by atoms with Crippen LogP contribution in [0.25, 0.3) is 0 Å². The summed E-state index contributed by atoms with van der Waals surface area (Å²) in [6.07, 6.45) is 1.34. The molecule has 0 aliphatic heterocycles. The van der Waals surface area contributed by atoms with E-state index in [0.29, 0.717) is 13.0 Å². The number of esters is 2. The summed E-state index contributed by atoms with van der Waals surface area (Å²) in [5, 5.41) is 0. The molecule has 2 aromatic carbocycles. The van der Waals surface area contributed by atoms with Gasteiger partial charge in [0.25, 0.3) is 0 Å². The molecular formula is C19H19BrO4. The van der Waals surface area contributed by atoms with Crippen LogP contribution in [-0.2, 0) is 15.9 Å². The molecule has 2 rings (SSSR count). The number of carbonyl (C=O) groups is 2. The fourth-order valence-corrected chi connectivity index (χ4v) is 2.37. The predicted molar refractivity (Wildman–Crippen MR) is 95.1 cm³/mol. The molecule has 126 valence electrons. The average Bonchev–Trinajstić information content (AvgIpc) is 2.61. The van der Waals surface area contributed by atoms with Crippen molar-refractivity contribution < 1.29 is 19.1 Å². The highest BCUT2D eigenvalue weighted by Gasteiger charge is 2.18. The van der Waals surface area contributed by atoms with Crippen molar-refractivity contribution in [1.82, 2.24) is 0 Å². The van der Waals surface area contributed by atoms with Gasteiger partial charge in [-0.2, -0.15) is 0 Å². The van der Waals surface area contributed by atoms with Gasteiger partial charge in [0.05, 0.1) is 24.3 Å². The molecule has 0 heterocycles. The Morgan fingerprint density at radius 3 is 1.96 bits per heavy atom. The van der Waals surface area contributed by atoms with Crippen molar-refractivity contribution in [3.8, 4) is 0 Å². The molecule has 0 N–H and O–H groups in total. The first kappa shape index (κ1) is 18.2. The lowest BCUT2D eigenvalue weighted by Gasteiger charge is -2.09. The lowest BCUT2D eigenvalue weighted by molar-refractivity contribution is 0.0460. The van der Waals surface area contributed by atoms with Crippen LogP contribution >= 0.6 is 15.9 Å². The highest BCUT2D eigenvalue weighted by Crippen LogP contribution is 2.14. The third kappa shape index (κ3) is 5.20. The largest absolute Gasteiger partial charge is 0.462 e. The third-order valence-electron chi connectivity index (χ3n) is 3.34. The Kier molecular flexibility index (Phi) is 7.00. The topological polar surface area (TPSA) is 52.6 Å².